The van der Waals surface area contributed by atoms with Crippen molar-refractivity contribution in [2.45, 2.75) is 51.6 Å². The van der Waals surface area contributed by atoms with Gasteiger partial charge in [-0.05, 0) is 68.0 Å². The molecule has 26 heavy (non-hydrogen) atoms. The molecule has 1 aliphatic rings. The second kappa shape index (κ2) is 8.49. The molecule has 0 fully saturated rings. The van der Waals surface area contributed by atoms with Gasteiger partial charge in [0.25, 0.3) is 0 Å². The van der Waals surface area contributed by atoms with Crippen LogP contribution in [-0.4, -0.2) is 43.3 Å². The van der Waals surface area contributed by atoms with Crippen molar-refractivity contribution in [1.29, 1.82) is 0 Å². The van der Waals surface area contributed by atoms with E-state index in [1.54, 1.807) is 4.68 Å². The first-order chi connectivity index (χ1) is 12.6. The number of para-hydroxylation sites is 1. The van der Waals surface area contributed by atoms with E-state index in [-0.39, 0.29) is 5.91 Å². The summed E-state index contributed by atoms with van der Waals surface area (Å²) in [5, 5.41) is 12.7. The molecule has 2 aromatic rings. The quantitative estimate of drug-likeness (QED) is 0.725. The Morgan fingerprint density at radius 1 is 1.27 bits per heavy atom. The highest BCUT2D eigenvalue weighted by atomic mass is 32.2. The summed E-state index contributed by atoms with van der Waals surface area (Å²) in [6, 6.07) is 6.10. The van der Waals surface area contributed by atoms with Crippen LogP contribution in [0.15, 0.2) is 35.1 Å². The van der Waals surface area contributed by atoms with Gasteiger partial charge in [0, 0.05) is 12.2 Å². The third-order valence-electron chi connectivity index (χ3n) is 4.65. The zero-order valence-corrected chi connectivity index (χ0v) is 16.4. The fraction of sp³-hybridized carbons (Fsp3) is 0.474. The van der Waals surface area contributed by atoms with Crippen LogP contribution in [0.3, 0.4) is 0 Å². The van der Waals surface area contributed by atoms with E-state index in [1.165, 1.54) is 23.9 Å². The first-order valence-corrected chi connectivity index (χ1v) is 10.1. The SMILES string of the molecule is CCN(C(=O)CSc1nnnn1-c1c(C)cccc1C)C1=CCCCC1. The van der Waals surface area contributed by atoms with Crippen LogP contribution in [0.1, 0.15) is 43.7 Å². The normalized spacial score (nSPS) is 14.2. The van der Waals surface area contributed by atoms with Crippen LogP contribution in [0.25, 0.3) is 5.69 Å². The minimum atomic E-state index is 0.113. The molecule has 0 N–H and O–H groups in total. The van der Waals surface area contributed by atoms with E-state index < -0.39 is 0 Å². The lowest BCUT2D eigenvalue weighted by molar-refractivity contribution is -0.126. The number of carbonyl (C=O) groups excluding carboxylic acids is 1. The van der Waals surface area contributed by atoms with Gasteiger partial charge < -0.3 is 4.90 Å². The average molecular weight is 372 g/mol. The molecule has 0 saturated carbocycles. The topological polar surface area (TPSA) is 63.9 Å². The summed E-state index contributed by atoms with van der Waals surface area (Å²) in [6.07, 6.45) is 6.64. The highest BCUT2D eigenvalue weighted by molar-refractivity contribution is 7.99. The molecule has 1 aromatic heterocycles. The molecule has 1 amide bonds. The summed E-state index contributed by atoms with van der Waals surface area (Å²) < 4.78 is 1.73. The van der Waals surface area contributed by atoms with E-state index in [1.807, 2.05) is 43.9 Å². The lowest BCUT2D eigenvalue weighted by atomic mass is 10.0. The zero-order valence-electron chi connectivity index (χ0n) is 15.6. The second-order valence-electron chi connectivity index (χ2n) is 6.48. The van der Waals surface area contributed by atoms with Crippen molar-refractivity contribution in [2.75, 3.05) is 12.3 Å². The van der Waals surface area contributed by atoms with Crippen LogP contribution in [-0.2, 0) is 4.79 Å². The minimum absolute atomic E-state index is 0.113. The van der Waals surface area contributed by atoms with Crippen molar-refractivity contribution >= 4 is 17.7 Å². The summed E-state index contributed by atoms with van der Waals surface area (Å²) in [4.78, 5) is 14.6. The molecule has 0 spiro atoms. The molecule has 1 aliphatic carbocycles. The first kappa shape index (κ1) is 18.6. The van der Waals surface area contributed by atoms with E-state index >= 15 is 0 Å². The molecule has 6 nitrogen and oxygen atoms in total. The van der Waals surface area contributed by atoms with Crippen LogP contribution in [0.2, 0.25) is 0 Å². The van der Waals surface area contributed by atoms with Gasteiger partial charge in [-0.25, -0.2) is 0 Å². The van der Waals surface area contributed by atoms with Gasteiger partial charge in [-0.15, -0.1) is 5.10 Å². The van der Waals surface area contributed by atoms with E-state index in [0.717, 1.165) is 36.1 Å². The number of hydrogen-bond donors (Lipinski definition) is 0. The number of tetrazole rings is 1. The molecule has 0 radical (unpaired) electrons. The number of allylic oxidation sites excluding steroid dienone is 2. The van der Waals surface area contributed by atoms with Gasteiger partial charge in [0.15, 0.2) is 0 Å². The lowest BCUT2D eigenvalue weighted by Crippen LogP contribution is -2.32. The summed E-state index contributed by atoms with van der Waals surface area (Å²) >= 11 is 1.39. The van der Waals surface area contributed by atoms with Crippen LogP contribution in [0, 0.1) is 13.8 Å². The smallest absolute Gasteiger partial charge is 0.237 e. The Hall–Kier alpha value is -2.15. The largest absolute Gasteiger partial charge is 0.316 e. The molecule has 0 bridgehead atoms. The number of thioether (sulfide) groups is 1. The van der Waals surface area contributed by atoms with Gasteiger partial charge in [0.05, 0.1) is 11.4 Å². The Morgan fingerprint density at radius 2 is 2.04 bits per heavy atom. The lowest BCUT2D eigenvalue weighted by Gasteiger charge is -2.26. The Bertz CT molecular complexity index is 794. The number of aryl methyl sites for hydroxylation is 2. The fourth-order valence-corrected chi connectivity index (χ4v) is 4.11. The second-order valence-corrected chi connectivity index (χ2v) is 7.42. The van der Waals surface area contributed by atoms with Crippen molar-refractivity contribution in [3.05, 3.63) is 41.1 Å². The van der Waals surface area contributed by atoms with Crippen LogP contribution in [0.4, 0.5) is 0 Å². The summed E-state index contributed by atoms with van der Waals surface area (Å²) in [5.74, 6) is 0.443. The average Bonchev–Trinajstić information content (AvgIpc) is 3.09. The van der Waals surface area contributed by atoms with E-state index in [0.29, 0.717) is 17.5 Å². The van der Waals surface area contributed by atoms with Gasteiger partial charge in [0.2, 0.25) is 11.1 Å². The summed E-state index contributed by atoms with van der Waals surface area (Å²) in [5.41, 5.74) is 4.36. The van der Waals surface area contributed by atoms with Crippen molar-refractivity contribution in [3.8, 4) is 5.69 Å². The first-order valence-electron chi connectivity index (χ1n) is 9.09. The molecule has 1 heterocycles. The van der Waals surface area contributed by atoms with Crippen molar-refractivity contribution in [1.82, 2.24) is 25.1 Å². The van der Waals surface area contributed by atoms with Crippen LogP contribution in [0.5, 0.6) is 0 Å². The van der Waals surface area contributed by atoms with Crippen molar-refractivity contribution < 1.29 is 4.79 Å². The standard InChI is InChI=1S/C19H25N5OS/c1-4-23(16-11-6-5-7-12-16)17(25)13-26-19-20-21-22-24(19)18-14(2)9-8-10-15(18)3/h8-11H,4-7,12-13H2,1-3H3. The maximum Gasteiger partial charge on any atom is 0.237 e. The predicted molar refractivity (Wildman–Crippen MR) is 103 cm³/mol. The highest BCUT2D eigenvalue weighted by Gasteiger charge is 2.20. The Labute approximate surface area is 158 Å². The van der Waals surface area contributed by atoms with Crippen LogP contribution >= 0.6 is 11.8 Å². The molecule has 3 rings (SSSR count). The van der Waals surface area contributed by atoms with Gasteiger partial charge in [0.1, 0.15) is 0 Å². The van der Waals surface area contributed by atoms with Crippen molar-refractivity contribution in [3.63, 3.8) is 0 Å². The van der Waals surface area contributed by atoms with E-state index in [4.69, 9.17) is 0 Å². The molecule has 0 saturated heterocycles. The molecule has 0 unspecified atom stereocenters. The maximum atomic E-state index is 12.7. The number of amides is 1. The molecule has 138 valence electrons. The fourth-order valence-electron chi connectivity index (χ4n) is 3.36. The number of nitrogens with zero attached hydrogens (tertiary/aromatic N) is 5. The highest BCUT2D eigenvalue weighted by Crippen LogP contribution is 2.25. The Balaban J connectivity index is 1.74. The minimum Gasteiger partial charge on any atom is -0.316 e. The molecular formula is C19H25N5OS. The number of aromatic nitrogens is 4. The maximum absolute atomic E-state index is 12.7. The molecule has 0 atom stereocenters. The number of carbonyl (C=O) groups is 1. The van der Waals surface area contributed by atoms with Crippen molar-refractivity contribution in [2.24, 2.45) is 0 Å². The molecular weight excluding hydrogens is 346 g/mol. The monoisotopic (exact) mass is 371 g/mol. The third-order valence-corrected chi connectivity index (χ3v) is 5.55. The van der Waals surface area contributed by atoms with Gasteiger partial charge in [-0.2, -0.15) is 4.68 Å². The van der Waals surface area contributed by atoms with E-state index in [9.17, 15) is 4.79 Å². The van der Waals surface area contributed by atoms with Gasteiger partial charge in [-0.1, -0.05) is 36.0 Å². The zero-order chi connectivity index (χ0) is 18.5. The van der Waals surface area contributed by atoms with Crippen LogP contribution < -0.4 is 0 Å². The number of benzene rings is 1. The summed E-state index contributed by atoms with van der Waals surface area (Å²) in [6.45, 7) is 6.81. The van der Waals surface area contributed by atoms with E-state index in [2.05, 4.69) is 21.6 Å². The molecule has 0 aliphatic heterocycles. The number of rotatable bonds is 6. The number of hydrogen-bond acceptors (Lipinski definition) is 5. The van der Waals surface area contributed by atoms with Gasteiger partial charge >= 0.3 is 0 Å². The third kappa shape index (κ3) is 3.98. The molecule has 1 aromatic carbocycles. The Kier molecular flexibility index (Phi) is 6.08. The Morgan fingerprint density at radius 3 is 2.69 bits per heavy atom. The molecule has 7 heteroatoms. The van der Waals surface area contributed by atoms with Gasteiger partial charge in [-0.3, -0.25) is 4.79 Å². The predicted octanol–water partition coefficient (Wildman–Crippen LogP) is 3.68. The summed E-state index contributed by atoms with van der Waals surface area (Å²) in [7, 11) is 0.